The van der Waals surface area contributed by atoms with Gasteiger partial charge in [-0.15, -0.1) is 22.7 Å². The van der Waals surface area contributed by atoms with Gasteiger partial charge in [0.1, 0.15) is 0 Å². The van der Waals surface area contributed by atoms with Crippen molar-refractivity contribution >= 4 is 22.7 Å². The maximum absolute atomic E-state index is 5.48. The van der Waals surface area contributed by atoms with Gasteiger partial charge in [0.15, 0.2) is 10.0 Å². The van der Waals surface area contributed by atoms with Gasteiger partial charge in [-0.25, -0.2) is 9.97 Å². The molecule has 0 saturated heterocycles. The number of aromatic nitrogens is 2. The Kier molecular flexibility index (Phi) is 2.87. The van der Waals surface area contributed by atoms with E-state index >= 15 is 0 Å². The van der Waals surface area contributed by atoms with Crippen molar-refractivity contribution in [1.29, 1.82) is 0 Å². The highest BCUT2D eigenvalue weighted by molar-refractivity contribution is 7.19. The molecule has 6 heteroatoms. The SMILES string of the molecule is NCc1csc(-c2nc(CN)cs2)n1. The first-order valence-corrected chi connectivity index (χ1v) is 5.88. The molecule has 2 rings (SSSR count). The molecular formula is C8H10N4S2. The molecule has 2 aromatic rings. The van der Waals surface area contributed by atoms with Gasteiger partial charge in [-0.2, -0.15) is 0 Å². The summed E-state index contributed by atoms with van der Waals surface area (Å²) in [5.74, 6) is 0. The van der Waals surface area contributed by atoms with E-state index in [-0.39, 0.29) is 0 Å². The highest BCUT2D eigenvalue weighted by Gasteiger charge is 2.07. The number of hydrogen-bond acceptors (Lipinski definition) is 6. The first-order chi connectivity index (χ1) is 6.83. The molecule has 0 fully saturated rings. The summed E-state index contributed by atoms with van der Waals surface area (Å²) in [5.41, 5.74) is 12.8. The van der Waals surface area contributed by atoms with Crippen LogP contribution in [0.15, 0.2) is 10.8 Å². The van der Waals surface area contributed by atoms with Crippen LogP contribution in [0.5, 0.6) is 0 Å². The third kappa shape index (κ3) is 1.83. The van der Waals surface area contributed by atoms with E-state index in [0.717, 1.165) is 21.4 Å². The molecule has 2 heterocycles. The van der Waals surface area contributed by atoms with Crippen molar-refractivity contribution in [2.24, 2.45) is 11.5 Å². The molecule has 0 aliphatic rings. The second kappa shape index (κ2) is 4.14. The minimum atomic E-state index is 0.478. The summed E-state index contributed by atoms with van der Waals surface area (Å²) in [6, 6.07) is 0. The predicted octanol–water partition coefficient (Wildman–Crippen LogP) is 1.18. The molecule has 74 valence electrons. The summed E-state index contributed by atoms with van der Waals surface area (Å²) in [7, 11) is 0. The van der Waals surface area contributed by atoms with Gasteiger partial charge >= 0.3 is 0 Å². The summed E-state index contributed by atoms with van der Waals surface area (Å²) in [4.78, 5) is 8.69. The molecule has 4 nitrogen and oxygen atoms in total. The first-order valence-electron chi connectivity index (χ1n) is 4.13. The number of nitrogens with zero attached hydrogens (tertiary/aromatic N) is 2. The van der Waals surface area contributed by atoms with Crippen LogP contribution in [0.25, 0.3) is 10.0 Å². The summed E-state index contributed by atoms with van der Waals surface area (Å²) < 4.78 is 0. The fourth-order valence-corrected chi connectivity index (χ4v) is 2.71. The molecule has 0 saturated carbocycles. The Balaban J connectivity index is 2.29. The maximum Gasteiger partial charge on any atom is 0.152 e. The zero-order valence-electron chi connectivity index (χ0n) is 7.43. The second-order valence-corrected chi connectivity index (χ2v) is 4.41. The summed E-state index contributed by atoms with van der Waals surface area (Å²) in [5, 5.41) is 5.77. The van der Waals surface area contributed by atoms with E-state index in [4.69, 9.17) is 11.5 Å². The third-order valence-electron chi connectivity index (χ3n) is 1.70. The number of hydrogen-bond donors (Lipinski definition) is 2. The van der Waals surface area contributed by atoms with Crippen molar-refractivity contribution in [1.82, 2.24) is 9.97 Å². The molecular weight excluding hydrogens is 216 g/mol. The van der Waals surface area contributed by atoms with E-state index in [1.807, 2.05) is 10.8 Å². The van der Waals surface area contributed by atoms with Gasteiger partial charge in [-0.3, -0.25) is 0 Å². The molecule has 0 amide bonds. The highest BCUT2D eigenvalue weighted by Crippen LogP contribution is 2.26. The largest absolute Gasteiger partial charge is 0.325 e. The van der Waals surface area contributed by atoms with Crippen molar-refractivity contribution in [3.05, 3.63) is 22.1 Å². The van der Waals surface area contributed by atoms with Crippen LogP contribution >= 0.6 is 22.7 Å². The normalized spacial score (nSPS) is 10.7. The molecule has 0 radical (unpaired) electrons. The van der Waals surface area contributed by atoms with Crippen LogP contribution in [0, 0.1) is 0 Å². The average molecular weight is 226 g/mol. The quantitative estimate of drug-likeness (QED) is 0.824. The molecule has 2 aromatic heterocycles. The molecule has 0 unspecified atom stereocenters. The fraction of sp³-hybridized carbons (Fsp3) is 0.250. The van der Waals surface area contributed by atoms with Crippen molar-refractivity contribution in [2.45, 2.75) is 13.1 Å². The molecule has 0 aliphatic heterocycles. The lowest BCUT2D eigenvalue weighted by atomic mass is 10.5. The summed E-state index contributed by atoms with van der Waals surface area (Å²) in [6.45, 7) is 0.956. The molecule has 0 bridgehead atoms. The smallest absolute Gasteiger partial charge is 0.152 e. The Morgan fingerprint density at radius 1 is 0.929 bits per heavy atom. The van der Waals surface area contributed by atoms with E-state index in [0.29, 0.717) is 13.1 Å². The van der Waals surface area contributed by atoms with Crippen molar-refractivity contribution in [3.63, 3.8) is 0 Å². The lowest BCUT2D eigenvalue weighted by Crippen LogP contribution is -1.96. The standard InChI is InChI=1S/C8H10N4S2/c9-1-5-3-13-7(11-5)8-12-6(2-10)4-14-8/h3-4H,1-2,9-10H2. The van der Waals surface area contributed by atoms with Crippen LogP contribution < -0.4 is 11.5 Å². The Morgan fingerprint density at radius 2 is 1.36 bits per heavy atom. The lowest BCUT2D eigenvalue weighted by molar-refractivity contribution is 1.00. The Bertz CT molecular complexity index is 380. The van der Waals surface area contributed by atoms with Crippen LogP contribution in [0.1, 0.15) is 11.4 Å². The van der Waals surface area contributed by atoms with Gasteiger partial charge in [0.25, 0.3) is 0 Å². The van der Waals surface area contributed by atoms with Crippen molar-refractivity contribution in [3.8, 4) is 10.0 Å². The zero-order valence-corrected chi connectivity index (χ0v) is 9.07. The topological polar surface area (TPSA) is 77.8 Å². The number of thiazole rings is 2. The third-order valence-corrected chi connectivity index (χ3v) is 3.63. The second-order valence-electron chi connectivity index (χ2n) is 2.70. The van der Waals surface area contributed by atoms with Crippen LogP contribution in [-0.4, -0.2) is 9.97 Å². The molecule has 0 spiro atoms. The lowest BCUT2D eigenvalue weighted by Gasteiger charge is -1.87. The van der Waals surface area contributed by atoms with Gasteiger partial charge in [0.2, 0.25) is 0 Å². The zero-order chi connectivity index (χ0) is 9.97. The van der Waals surface area contributed by atoms with Crippen molar-refractivity contribution < 1.29 is 0 Å². The predicted molar refractivity (Wildman–Crippen MR) is 59.0 cm³/mol. The van der Waals surface area contributed by atoms with Crippen LogP contribution in [0.3, 0.4) is 0 Å². The number of nitrogens with two attached hydrogens (primary N) is 2. The Morgan fingerprint density at radius 3 is 1.64 bits per heavy atom. The molecule has 14 heavy (non-hydrogen) atoms. The summed E-state index contributed by atoms with van der Waals surface area (Å²) >= 11 is 3.13. The monoisotopic (exact) mass is 226 g/mol. The van der Waals surface area contributed by atoms with E-state index in [1.54, 1.807) is 22.7 Å². The van der Waals surface area contributed by atoms with Gasteiger partial charge in [0, 0.05) is 23.8 Å². The average Bonchev–Trinajstić information content (AvgIpc) is 2.86. The van der Waals surface area contributed by atoms with E-state index in [1.165, 1.54) is 0 Å². The fourth-order valence-electron chi connectivity index (χ4n) is 0.998. The number of rotatable bonds is 3. The van der Waals surface area contributed by atoms with Crippen LogP contribution in [0.2, 0.25) is 0 Å². The van der Waals surface area contributed by atoms with E-state index in [9.17, 15) is 0 Å². The van der Waals surface area contributed by atoms with Crippen molar-refractivity contribution in [2.75, 3.05) is 0 Å². The molecule has 0 aromatic carbocycles. The molecule has 0 aliphatic carbocycles. The Labute approximate surface area is 89.6 Å². The van der Waals surface area contributed by atoms with Gasteiger partial charge in [-0.1, -0.05) is 0 Å². The molecule has 4 N–H and O–H groups in total. The minimum absolute atomic E-state index is 0.478. The van der Waals surface area contributed by atoms with Gasteiger partial charge in [0.05, 0.1) is 11.4 Å². The van der Waals surface area contributed by atoms with Crippen LogP contribution in [0.4, 0.5) is 0 Å². The molecule has 0 atom stereocenters. The summed E-state index contributed by atoms with van der Waals surface area (Å²) in [6.07, 6.45) is 0. The van der Waals surface area contributed by atoms with Gasteiger partial charge < -0.3 is 11.5 Å². The van der Waals surface area contributed by atoms with Crippen LogP contribution in [-0.2, 0) is 13.1 Å². The van der Waals surface area contributed by atoms with E-state index in [2.05, 4.69) is 9.97 Å². The maximum atomic E-state index is 5.48. The first kappa shape index (κ1) is 9.72. The van der Waals surface area contributed by atoms with Gasteiger partial charge in [-0.05, 0) is 0 Å². The van der Waals surface area contributed by atoms with E-state index < -0.39 is 0 Å². The Hall–Kier alpha value is -0.820. The minimum Gasteiger partial charge on any atom is -0.325 e. The highest BCUT2D eigenvalue weighted by atomic mass is 32.1.